The molecule has 1 fully saturated rings. The Morgan fingerprint density at radius 3 is 2.76 bits per heavy atom. The van der Waals surface area contributed by atoms with Gasteiger partial charge in [-0.2, -0.15) is 0 Å². The number of carbonyl (C=O) groups excluding carboxylic acids is 2. The monoisotopic (exact) mass is 243 g/mol. The predicted molar refractivity (Wildman–Crippen MR) is 63.2 cm³/mol. The quantitative estimate of drug-likeness (QED) is 0.546. The van der Waals surface area contributed by atoms with E-state index in [2.05, 4.69) is 15.4 Å². The summed E-state index contributed by atoms with van der Waals surface area (Å²) in [5, 5.41) is 5.72. The lowest BCUT2D eigenvalue weighted by molar-refractivity contribution is -0.145. The Hall–Kier alpha value is -1.14. The molecular weight excluding hydrogens is 222 g/mol. The molecule has 0 aromatic carbocycles. The first-order valence-electron chi connectivity index (χ1n) is 5.95. The van der Waals surface area contributed by atoms with Crippen LogP contribution in [0.5, 0.6) is 0 Å². The maximum atomic E-state index is 11.9. The van der Waals surface area contributed by atoms with Gasteiger partial charge in [-0.05, 0) is 12.8 Å². The first kappa shape index (κ1) is 13.9. The SMILES string of the molecule is CCCC(NC(=O)C1CC(N)CN1)C(=O)OC. The second kappa shape index (κ2) is 6.56. The minimum Gasteiger partial charge on any atom is -0.467 e. The third-order valence-electron chi connectivity index (χ3n) is 2.86. The summed E-state index contributed by atoms with van der Waals surface area (Å²) in [4.78, 5) is 23.3. The molecule has 3 unspecified atom stereocenters. The summed E-state index contributed by atoms with van der Waals surface area (Å²) in [5.41, 5.74) is 5.70. The van der Waals surface area contributed by atoms with Gasteiger partial charge in [-0.25, -0.2) is 4.79 Å². The van der Waals surface area contributed by atoms with Crippen molar-refractivity contribution in [2.75, 3.05) is 13.7 Å². The molecule has 4 N–H and O–H groups in total. The van der Waals surface area contributed by atoms with Crippen molar-refractivity contribution in [1.82, 2.24) is 10.6 Å². The van der Waals surface area contributed by atoms with Gasteiger partial charge in [-0.15, -0.1) is 0 Å². The lowest BCUT2D eigenvalue weighted by Gasteiger charge is -2.18. The lowest BCUT2D eigenvalue weighted by atomic mass is 10.1. The number of hydrogen-bond donors (Lipinski definition) is 3. The number of esters is 1. The van der Waals surface area contributed by atoms with E-state index in [1.807, 2.05) is 6.92 Å². The first-order valence-corrected chi connectivity index (χ1v) is 5.95. The van der Waals surface area contributed by atoms with E-state index in [-0.39, 0.29) is 18.0 Å². The van der Waals surface area contributed by atoms with Crippen LogP contribution < -0.4 is 16.4 Å². The molecule has 17 heavy (non-hydrogen) atoms. The van der Waals surface area contributed by atoms with Crippen LogP contribution >= 0.6 is 0 Å². The summed E-state index contributed by atoms with van der Waals surface area (Å²) in [6.45, 7) is 2.58. The summed E-state index contributed by atoms with van der Waals surface area (Å²) in [7, 11) is 1.32. The topological polar surface area (TPSA) is 93.5 Å². The fourth-order valence-corrected chi connectivity index (χ4v) is 1.91. The summed E-state index contributed by atoms with van der Waals surface area (Å²) in [6, 6.07) is -0.848. The molecule has 1 heterocycles. The molecule has 0 aromatic heterocycles. The van der Waals surface area contributed by atoms with Crippen molar-refractivity contribution in [2.24, 2.45) is 5.73 Å². The number of nitrogens with two attached hydrogens (primary N) is 1. The van der Waals surface area contributed by atoms with Crippen LogP contribution in [0.2, 0.25) is 0 Å². The van der Waals surface area contributed by atoms with Crippen LogP contribution in [0.1, 0.15) is 26.2 Å². The van der Waals surface area contributed by atoms with Crippen LogP contribution in [-0.4, -0.2) is 43.7 Å². The van der Waals surface area contributed by atoms with Crippen LogP contribution in [0.4, 0.5) is 0 Å². The number of amides is 1. The Bertz CT molecular complexity index is 283. The molecule has 98 valence electrons. The third-order valence-corrected chi connectivity index (χ3v) is 2.86. The summed E-state index contributed by atoms with van der Waals surface area (Å²) < 4.78 is 4.65. The highest BCUT2D eigenvalue weighted by atomic mass is 16.5. The maximum Gasteiger partial charge on any atom is 0.328 e. The minimum atomic E-state index is -0.559. The highest BCUT2D eigenvalue weighted by molar-refractivity contribution is 5.87. The molecule has 1 aliphatic rings. The van der Waals surface area contributed by atoms with E-state index < -0.39 is 12.0 Å². The number of methoxy groups -OCH3 is 1. The average Bonchev–Trinajstić information content (AvgIpc) is 2.74. The molecule has 0 aromatic rings. The van der Waals surface area contributed by atoms with Crippen molar-refractivity contribution in [1.29, 1.82) is 0 Å². The van der Waals surface area contributed by atoms with Crippen LogP contribution in [0.15, 0.2) is 0 Å². The van der Waals surface area contributed by atoms with E-state index in [0.717, 1.165) is 6.42 Å². The van der Waals surface area contributed by atoms with E-state index in [1.54, 1.807) is 0 Å². The largest absolute Gasteiger partial charge is 0.467 e. The van der Waals surface area contributed by atoms with Crippen molar-refractivity contribution in [3.05, 3.63) is 0 Å². The fourth-order valence-electron chi connectivity index (χ4n) is 1.91. The fraction of sp³-hybridized carbons (Fsp3) is 0.818. The van der Waals surface area contributed by atoms with Crippen molar-refractivity contribution < 1.29 is 14.3 Å². The van der Waals surface area contributed by atoms with Gasteiger partial charge >= 0.3 is 5.97 Å². The molecule has 6 nitrogen and oxygen atoms in total. The number of nitrogens with one attached hydrogen (secondary N) is 2. The zero-order valence-corrected chi connectivity index (χ0v) is 10.4. The number of carbonyl (C=O) groups is 2. The van der Waals surface area contributed by atoms with Crippen LogP contribution in [-0.2, 0) is 14.3 Å². The maximum absolute atomic E-state index is 11.9. The van der Waals surface area contributed by atoms with Crippen LogP contribution in [0.3, 0.4) is 0 Å². The molecule has 0 bridgehead atoms. The smallest absolute Gasteiger partial charge is 0.328 e. The van der Waals surface area contributed by atoms with Gasteiger partial charge in [0.2, 0.25) is 5.91 Å². The van der Waals surface area contributed by atoms with Gasteiger partial charge in [-0.1, -0.05) is 13.3 Å². The zero-order chi connectivity index (χ0) is 12.8. The van der Waals surface area contributed by atoms with Gasteiger partial charge < -0.3 is 21.1 Å². The second-order valence-corrected chi connectivity index (χ2v) is 4.33. The van der Waals surface area contributed by atoms with Crippen LogP contribution in [0, 0.1) is 0 Å². The molecule has 0 spiro atoms. The molecule has 3 atom stereocenters. The van der Waals surface area contributed by atoms with Gasteiger partial charge in [0.25, 0.3) is 0 Å². The van der Waals surface area contributed by atoms with E-state index in [1.165, 1.54) is 7.11 Å². The molecule has 1 rings (SSSR count). The van der Waals surface area contributed by atoms with Crippen molar-refractivity contribution in [2.45, 2.75) is 44.3 Å². The Morgan fingerprint density at radius 1 is 1.59 bits per heavy atom. The lowest BCUT2D eigenvalue weighted by Crippen LogP contribution is -2.48. The molecule has 1 amide bonds. The highest BCUT2D eigenvalue weighted by Gasteiger charge is 2.30. The molecular formula is C11H21N3O3. The highest BCUT2D eigenvalue weighted by Crippen LogP contribution is 2.06. The minimum absolute atomic E-state index is 0.00787. The third kappa shape index (κ3) is 3.98. The predicted octanol–water partition coefficient (Wildman–Crippen LogP) is -0.866. The molecule has 0 aliphatic carbocycles. The average molecular weight is 243 g/mol. The summed E-state index contributed by atoms with van der Waals surface area (Å²) in [6.07, 6.45) is 1.99. The first-order chi connectivity index (χ1) is 8.08. The molecule has 0 saturated carbocycles. The van der Waals surface area contributed by atoms with Crippen molar-refractivity contribution in [3.63, 3.8) is 0 Å². The zero-order valence-electron chi connectivity index (χ0n) is 10.4. The number of rotatable bonds is 5. The van der Waals surface area contributed by atoms with Gasteiger partial charge in [0.15, 0.2) is 0 Å². The van der Waals surface area contributed by atoms with E-state index in [0.29, 0.717) is 19.4 Å². The van der Waals surface area contributed by atoms with Crippen molar-refractivity contribution in [3.8, 4) is 0 Å². The van der Waals surface area contributed by atoms with E-state index in [9.17, 15) is 9.59 Å². The van der Waals surface area contributed by atoms with Gasteiger partial charge in [-0.3, -0.25) is 4.79 Å². The Morgan fingerprint density at radius 2 is 2.29 bits per heavy atom. The normalized spacial score (nSPS) is 25.4. The molecule has 6 heteroatoms. The van der Waals surface area contributed by atoms with E-state index >= 15 is 0 Å². The van der Waals surface area contributed by atoms with Gasteiger partial charge in [0.1, 0.15) is 6.04 Å². The number of hydrogen-bond acceptors (Lipinski definition) is 5. The van der Waals surface area contributed by atoms with Gasteiger partial charge in [0, 0.05) is 12.6 Å². The Balaban J connectivity index is 2.48. The number of ether oxygens (including phenoxy) is 1. The Labute approximate surface area is 101 Å². The Kier molecular flexibility index (Phi) is 5.37. The molecule has 1 aliphatic heterocycles. The van der Waals surface area contributed by atoms with Crippen LogP contribution in [0.25, 0.3) is 0 Å². The standard InChI is InChI=1S/C11H21N3O3/c1-3-4-8(11(16)17-2)14-10(15)9-5-7(12)6-13-9/h7-9,13H,3-6,12H2,1-2H3,(H,14,15). The molecule has 0 radical (unpaired) electrons. The second-order valence-electron chi connectivity index (χ2n) is 4.33. The van der Waals surface area contributed by atoms with E-state index in [4.69, 9.17) is 5.73 Å². The van der Waals surface area contributed by atoms with Gasteiger partial charge in [0.05, 0.1) is 13.2 Å². The summed E-state index contributed by atoms with van der Waals surface area (Å²) >= 11 is 0. The molecule has 1 saturated heterocycles. The van der Waals surface area contributed by atoms with Crippen molar-refractivity contribution >= 4 is 11.9 Å². The summed E-state index contributed by atoms with van der Waals surface area (Å²) in [5.74, 6) is -0.579.